The average Bonchev–Trinajstić information content (AvgIpc) is 2.94. The number of nitrogens with zero attached hydrogens (tertiary/aromatic N) is 2. The maximum absolute atomic E-state index is 11.2. The Balaban J connectivity index is 1.76. The number of hydrogen-bond donors (Lipinski definition) is 1. The van der Waals surface area contributed by atoms with E-state index in [4.69, 9.17) is 9.47 Å². The lowest BCUT2D eigenvalue weighted by Gasteiger charge is -2.05. The molecule has 0 saturated carbocycles. The van der Waals surface area contributed by atoms with E-state index in [0.717, 1.165) is 11.3 Å². The summed E-state index contributed by atoms with van der Waals surface area (Å²) in [6, 6.07) is 5.36. The predicted molar refractivity (Wildman–Crippen MR) is 60.3 cm³/mol. The Morgan fingerprint density at radius 3 is 3.06 bits per heavy atom. The molecule has 1 saturated heterocycles. The summed E-state index contributed by atoms with van der Waals surface area (Å²) in [5.74, 6) is 1.45. The molecule has 6 nitrogen and oxygen atoms in total. The fourth-order valence-electron chi connectivity index (χ4n) is 1.70. The van der Waals surface area contributed by atoms with Crippen LogP contribution in [0, 0.1) is 0 Å². The fourth-order valence-corrected chi connectivity index (χ4v) is 1.70. The molecule has 0 aliphatic carbocycles. The first kappa shape index (κ1) is 9.95. The quantitative estimate of drug-likeness (QED) is 0.767. The zero-order valence-electron chi connectivity index (χ0n) is 9.05. The molecule has 3 rings (SSSR count). The second kappa shape index (κ2) is 3.97. The van der Waals surface area contributed by atoms with Crippen LogP contribution < -0.4 is 14.8 Å². The van der Waals surface area contributed by atoms with Gasteiger partial charge in [-0.2, -0.15) is 5.10 Å². The molecule has 2 aliphatic heterocycles. The monoisotopic (exact) mass is 233 g/mol. The fraction of sp³-hybridized carbons (Fsp3) is 0.273. The van der Waals surface area contributed by atoms with Crippen molar-refractivity contribution in [1.29, 1.82) is 0 Å². The Hall–Kier alpha value is -2.24. The average molecular weight is 233 g/mol. The van der Waals surface area contributed by atoms with E-state index >= 15 is 0 Å². The first-order valence-corrected chi connectivity index (χ1v) is 5.32. The van der Waals surface area contributed by atoms with E-state index < -0.39 is 0 Å². The first-order chi connectivity index (χ1) is 8.33. The molecule has 1 aromatic rings. The molecule has 0 atom stereocenters. The van der Waals surface area contributed by atoms with Crippen molar-refractivity contribution in [3.63, 3.8) is 0 Å². The number of urea groups is 1. The van der Waals surface area contributed by atoms with Gasteiger partial charge in [0, 0.05) is 6.54 Å². The highest BCUT2D eigenvalue weighted by molar-refractivity contribution is 5.83. The summed E-state index contributed by atoms with van der Waals surface area (Å²) < 4.78 is 10.5. The van der Waals surface area contributed by atoms with Gasteiger partial charge in [-0.25, -0.2) is 9.80 Å². The van der Waals surface area contributed by atoms with Gasteiger partial charge in [-0.15, -0.1) is 0 Å². The van der Waals surface area contributed by atoms with Gasteiger partial charge < -0.3 is 14.8 Å². The molecule has 0 bridgehead atoms. The van der Waals surface area contributed by atoms with Crippen molar-refractivity contribution < 1.29 is 14.3 Å². The second-order valence-electron chi connectivity index (χ2n) is 3.71. The first-order valence-electron chi connectivity index (χ1n) is 5.32. The number of carbonyl (C=O) groups is 1. The van der Waals surface area contributed by atoms with Gasteiger partial charge >= 0.3 is 6.03 Å². The molecule has 2 heterocycles. The van der Waals surface area contributed by atoms with Crippen molar-refractivity contribution >= 4 is 12.2 Å². The normalized spacial score (nSPS) is 17.9. The van der Waals surface area contributed by atoms with Gasteiger partial charge in [0.1, 0.15) is 0 Å². The Kier molecular flexibility index (Phi) is 2.32. The number of amides is 2. The molecule has 17 heavy (non-hydrogen) atoms. The minimum Gasteiger partial charge on any atom is -0.454 e. The van der Waals surface area contributed by atoms with Crippen molar-refractivity contribution in [1.82, 2.24) is 10.3 Å². The Labute approximate surface area is 97.8 Å². The number of ether oxygens (including phenoxy) is 2. The van der Waals surface area contributed by atoms with Gasteiger partial charge in [-0.3, -0.25) is 0 Å². The maximum atomic E-state index is 11.2. The van der Waals surface area contributed by atoms with Crippen LogP contribution in [0.1, 0.15) is 5.56 Å². The molecule has 0 spiro atoms. The third kappa shape index (κ3) is 1.89. The number of fused-ring (bicyclic) bond motifs is 1. The molecule has 0 aromatic heterocycles. The number of hydrazone groups is 1. The minimum atomic E-state index is -0.165. The number of rotatable bonds is 2. The summed E-state index contributed by atoms with van der Waals surface area (Å²) in [6.07, 6.45) is 1.63. The van der Waals surface area contributed by atoms with E-state index in [1.807, 2.05) is 18.2 Å². The minimum absolute atomic E-state index is 0.165. The van der Waals surface area contributed by atoms with Gasteiger partial charge in [0.05, 0.1) is 12.8 Å². The van der Waals surface area contributed by atoms with Crippen LogP contribution in [0.15, 0.2) is 23.3 Å². The third-order valence-electron chi connectivity index (χ3n) is 2.58. The summed E-state index contributed by atoms with van der Waals surface area (Å²) in [4.78, 5) is 11.2. The molecule has 0 radical (unpaired) electrons. The zero-order valence-corrected chi connectivity index (χ0v) is 9.05. The van der Waals surface area contributed by atoms with Gasteiger partial charge in [0.2, 0.25) is 6.79 Å². The van der Waals surface area contributed by atoms with Crippen LogP contribution >= 0.6 is 0 Å². The molecule has 1 aromatic carbocycles. The topological polar surface area (TPSA) is 63.2 Å². The molecule has 0 unspecified atom stereocenters. The van der Waals surface area contributed by atoms with Crippen molar-refractivity contribution in [2.45, 2.75) is 0 Å². The Bertz CT molecular complexity index is 487. The van der Waals surface area contributed by atoms with E-state index in [-0.39, 0.29) is 12.8 Å². The SMILES string of the molecule is O=C1NCCN1/N=C/c1ccc2c(c1)OCO2. The molecule has 6 heteroatoms. The van der Waals surface area contributed by atoms with E-state index in [0.29, 0.717) is 18.8 Å². The zero-order chi connectivity index (χ0) is 11.7. The summed E-state index contributed by atoms with van der Waals surface area (Å²) in [6.45, 7) is 1.49. The van der Waals surface area contributed by atoms with Gasteiger partial charge in [-0.05, 0) is 23.8 Å². The number of benzene rings is 1. The van der Waals surface area contributed by atoms with Crippen LogP contribution in [0.5, 0.6) is 11.5 Å². The van der Waals surface area contributed by atoms with Gasteiger partial charge in [0.15, 0.2) is 11.5 Å². The summed E-state index contributed by atoms with van der Waals surface area (Å²) in [7, 11) is 0. The maximum Gasteiger partial charge on any atom is 0.337 e. The van der Waals surface area contributed by atoms with E-state index in [9.17, 15) is 4.79 Å². The van der Waals surface area contributed by atoms with Crippen LogP contribution in [0.2, 0.25) is 0 Å². The summed E-state index contributed by atoms with van der Waals surface area (Å²) in [5.41, 5.74) is 0.869. The number of hydrogen-bond acceptors (Lipinski definition) is 4. The second-order valence-corrected chi connectivity index (χ2v) is 3.71. The van der Waals surface area contributed by atoms with Crippen molar-refractivity contribution in [3.8, 4) is 11.5 Å². The van der Waals surface area contributed by atoms with Crippen LogP contribution in [-0.2, 0) is 0 Å². The Morgan fingerprint density at radius 2 is 2.24 bits per heavy atom. The summed E-state index contributed by atoms with van der Waals surface area (Å²) in [5, 5.41) is 8.17. The van der Waals surface area contributed by atoms with Crippen LogP contribution in [-0.4, -0.2) is 37.1 Å². The van der Waals surface area contributed by atoms with Crippen molar-refractivity contribution in [3.05, 3.63) is 23.8 Å². The molecular weight excluding hydrogens is 222 g/mol. The molecule has 1 fully saturated rings. The lowest BCUT2D eigenvalue weighted by Crippen LogP contribution is -2.23. The van der Waals surface area contributed by atoms with Crippen LogP contribution in [0.25, 0.3) is 0 Å². The smallest absolute Gasteiger partial charge is 0.337 e. The third-order valence-corrected chi connectivity index (χ3v) is 2.58. The highest BCUT2D eigenvalue weighted by Gasteiger charge is 2.18. The lowest BCUT2D eigenvalue weighted by atomic mass is 10.2. The van der Waals surface area contributed by atoms with Crippen LogP contribution in [0.3, 0.4) is 0 Å². The lowest BCUT2D eigenvalue weighted by molar-refractivity contribution is 0.174. The number of nitrogens with one attached hydrogen (secondary N) is 1. The van der Waals surface area contributed by atoms with E-state index in [2.05, 4.69) is 10.4 Å². The Morgan fingerprint density at radius 1 is 1.35 bits per heavy atom. The standard InChI is InChI=1S/C11H11N3O3/c15-11-12-3-4-14(11)13-6-8-1-2-9-10(5-8)17-7-16-9/h1-2,5-6H,3-4,7H2,(H,12,15)/b13-6+. The molecule has 88 valence electrons. The van der Waals surface area contributed by atoms with Crippen molar-refractivity contribution in [2.75, 3.05) is 19.9 Å². The number of carbonyl (C=O) groups excluding carboxylic acids is 1. The predicted octanol–water partition coefficient (Wildman–Crippen LogP) is 0.774. The van der Waals surface area contributed by atoms with Gasteiger partial charge in [0.25, 0.3) is 0 Å². The van der Waals surface area contributed by atoms with E-state index in [1.54, 1.807) is 6.21 Å². The molecule has 2 amide bonds. The highest BCUT2D eigenvalue weighted by Crippen LogP contribution is 2.31. The molecular formula is C11H11N3O3. The summed E-state index contributed by atoms with van der Waals surface area (Å²) >= 11 is 0. The van der Waals surface area contributed by atoms with Gasteiger partial charge in [-0.1, -0.05) is 0 Å². The largest absolute Gasteiger partial charge is 0.454 e. The van der Waals surface area contributed by atoms with Crippen molar-refractivity contribution in [2.24, 2.45) is 5.10 Å². The van der Waals surface area contributed by atoms with E-state index in [1.165, 1.54) is 5.01 Å². The van der Waals surface area contributed by atoms with Crippen LogP contribution in [0.4, 0.5) is 4.79 Å². The highest BCUT2D eigenvalue weighted by atomic mass is 16.7. The molecule has 2 aliphatic rings. The molecule has 1 N–H and O–H groups in total.